The van der Waals surface area contributed by atoms with Crippen LogP contribution in [0.2, 0.25) is 0 Å². The van der Waals surface area contributed by atoms with Gasteiger partial charge in [-0.2, -0.15) is 16.8 Å². The number of hydrogen-bond donors (Lipinski definition) is 0. The predicted octanol–water partition coefficient (Wildman–Crippen LogP) is 5.28. The molecule has 4 aromatic carbocycles. The van der Waals surface area contributed by atoms with Crippen LogP contribution in [0, 0.1) is 0 Å². The fourth-order valence-electron chi connectivity index (χ4n) is 4.78. The van der Waals surface area contributed by atoms with Gasteiger partial charge in [0.1, 0.15) is 24.4 Å². The monoisotopic (exact) mass is 700 g/mol. The van der Waals surface area contributed by atoms with Crippen molar-refractivity contribution in [1.29, 1.82) is 0 Å². The Bertz CT molecular complexity index is 1740. The Morgan fingerprint density at radius 1 is 0.500 bits per heavy atom. The molecule has 0 fully saturated rings. The van der Waals surface area contributed by atoms with E-state index in [1.807, 2.05) is 121 Å². The third-order valence-corrected chi connectivity index (χ3v) is 8.05. The largest absolute Gasteiger partial charge is 0.374 e. The number of benzene rings is 4. The SMILES string of the molecule is [2H]CS(=O)(=O)OC[C@H](OCc1ccccc1)[C@@H](OCc1ccccc1)[C@H](OCc1ccccc1)[C@@H](COCc1ccccc1)OS(=O)(=O)C[2H]. The average Bonchev–Trinajstić information content (AvgIpc) is 3.14. The Balaban J connectivity index is 1.76. The van der Waals surface area contributed by atoms with Crippen LogP contribution in [0.1, 0.15) is 25.0 Å². The molecule has 0 aliphatic carbocycles. The summed E-state index contributed by atoms with van der Waals surface area (Å²) < 4.78 is 102. The van der Waals surface area contributed by atoms with Gasteiger partial charge in [0.25, 0.3) is 20.2 Å². The molecule has 0 N–H and O–H groups in total. The second-order valence-corrected chi connectivity index (χ2v) is 13.6. The van der Waals surface area contributed by atoms with Crippen LogP contribution in [0.25, 0.3) is 0 Å². The van der Waals surface area contributed by atoms with Gasteiger partial charge in [0.05, 0.1) is 52.1 Å². The van der Waals surface area contributed by atoms with Crippen LogP contribution < -0.4 is 0 Å². The van der Waals surface area contributed by atoms with Crippen molar-refractivity contribution in [2.24, 2.45) is 0 Å². The maximum atomic E-state index is 12.9. The van der Waals surface area contributed by atoms with Gasteiger partial charge < -0.3 is 18.9 Å². The quantitative estimate of drug-likeness (QED) is 0.106. The van der Waals surface area contributed by atoms with E-state index in [0.717, 1.165) is 22.3 Å². The lowest BCUT2D eigenvalue weighted by Gasteiger charge is -2.37. The van der Waals surface area contributed by atoms with Crippen molar-refractivity contribution in [3.63, 3.8) is 0 Å². The lowest BCUT2D eigenvalue weighted by atomic mass is 10.0. The van der Waals surface area contributed by atoms with Crippen molar-refractivity contribution >= 4 is 20.2 Å². The minimum atomic E-state index is -4.40. The van der Waals surface area contributed by atoms with Gasteiger partial charge in [-0.1, -0.05) is 121 Å². The molecule has 0 aliphatic rings. The normalized spacial score (nSPS) is 15.2. The molecule has 0 heterocycles. The summed E-state index contributed by atoms with van der Waals surface area (Å²) in [5, 5.41) is 0. The summed E-state index contributed by atoms with van der Waals surface area (Å²) in [5.41, 5.74) is 3.10. The number of ether oxygens (including phenoxy) is 4. The standard InChI is InChI=1S/C36H42O10S2/c1-47(37,38)45-28-33(42-24-30-17-9-4-10-18-30)35(43-25-31-19-11-5-12-20-31)36(44-26-32-21-13-6-14-22-32)34(46-48(2,39)40)27-41-23-29-15-7-3-8-16-29/h3-22,33-36H,23-28H2,1-2H3/t33-,34+,35+,36+/m0/s1/i1D,2D. The van der Waals surface area contributed by atoms with E-state index in [9.17, 15) is 16.8 Å². The Morgan fingerprint density at radius 3 is 1.33 bits per heavy atom. The molecular formula is C36H42O10S2. The van der Waals surface area contributed by atoms with Gasteiger partial charge in [0.2, 0.25) is 0 Å². The zero-order valence-electron chi connectivity index (χ0n) is 28.4. The molecule has 0 unspecified atom stereocenters. The summed E-state index contributed by atoms with van der Waals surface area (Å²) in [6.07, 6.45) is -7.17. The van der Waals surface area contributed by atoms with E-state index in [1.54, 1.807) is 0 Å². The molecule has 0 saturated heterocycles. The van der Waals surface area contributed by atoms with E-state index in [2.05, 4.69) is 0 Å². The molecule has 0 radical (unpaired) electrons. The van der Waals surface area contributed by atoms with E-state index >= 15 is 0 Å². The summed E-state index contributed by atoms with van der Waals surface area (Å²) in [7, 11) is -8.67. The fraction of sp³-hybridized carbons (Fsp3) is 0.333. The second kappa shape index (κ2) is 18.9. The van der Waals surface area contributed by atoms with Crippen molar-refractivity contribution in [3.05, 3.63) is 144 Å². The Kier molecular flexibility index (Phi) is 13.6. The Hall–Kier alpha value is -3.46. The van der Waals surface area contributed by atoms with Gasteiger partial charge in [-0.3, -0.25) is 8.37 Å². The maximum Gasteiger partial charge on any atom is 0.264 e. The van der Waals surface area contributed by atoms with Gasteiger partial charge in [-0.25, -0.2) is 0 Å². The highest BCUT2D eigenvalue weighted by atomic mass is 32.2. The fourth-order valence-corrected chi connectivity index (χ4v) is 5.66. The topological polar surface area (TPSA) is 124 Å². The van der Waals surface area contributed by atoms with Crippen LogP contribution in [0.5, 0.6) is 0 Å². The lowest BCUT2D eigenvalue weighted by molar-refractivity contribution is -0.187. The Morgan fingerprint density at radius 2 is 0.896 bits per heavy atom. The summed E-state index contributed by atoms with van der Waals surface area (Å²) in [6, 6.07) is 36.7. The molecule has 10 nitrogen and oxygen atoms in total. The zero-order valence-corrected chi connectivity index (χ0v) is 28.0. The number of rotatable bonds is 21. The van der Waals surface area contributed by atoms with Crippen molar-refractivity contribution < 1.29 is 46.9 Å². The third-order valence-electron chi connectivity index (χ3n) is 7.01. The lowest BCUT2D eigenvalue weighted by Crippen LogP contribution is -2.52. The summed E-state index contributed by atoms with van der Waals surface area (Å²) in [5.74, 6) is 0. The first-order valence-electron chi connectivity index (χ1n) is 16.5. The van der Waals surface area contributed by atoms with E-state index < -0.39 is 63.7 Å². The molecule has 258 valence electrons. The predicted molar refractivity (Wildman–Crippen MR) is 182 cm³/mol. The van der Waals surface area contributed by atoms with Crippen LogP contribution in [0.3, 0.4) is 0 Å². The van der Waals surface area contributed by atoms with E-state index in [4.69, 9.17) is 30.1 Å². The highest BCUT2D eigenvalue weighted by Crippen LogP contribution is 2.24. The smallest absolute Gasteiger partial charge is 0.264 e. The minimum absolute atomic E-state index is 0.00409. The van der Waals surface area contributed by atoms with Gasteiger partial charge in [0.15, 0.2) is 0 Å². The van der Waals surface area contributed by atoms with E-state index in [0.29, 0.717) is 0 Å². The molecule has 12 heteroatoms. The van der Waals surface area contributed by atoms with Crippen LogP contribution in [-0.4, -0.2) is 66.9 Å². The molecule has 48 heavy (non-hydrogen) atoms. The molecule has 0 amide bonds. The van der Waals surface area contributed by atoms with Gasteiger partial charge in [-0.15, -0.1) is 0 Å². The van der Waals surface area contributed by atoms with Crippen molar-refractivity contribution in [3.8, 4) is 0 Å². The van der Waals surface area contributed by atoms with Crippen LogP contribution >= 0.6 is 0 Å². The molecular weight excluding hydrogens is 657 g/mol. The van der Waals surface area contributed by atoms with E-state index in [-0.39, 0.29) is 33.0 Å². The molecule has 0 saturated carbocycles. The zero-order chi connectivity index (χ0) is 35.7. The van der Waals surface area contributed by atoms with Gasteiger partial charge in [0, 0.05) is 2.74 Å². The van der Waals surface area contributed by atoms with E-state index in [1.165, 1.54) is 0 Å². The first kappa shape index (κ1) is 34.4. The van der Waals surface area contributed by atoms with Crippen LogP contribution in [-0.2, 0) is 74.0 Å². The first-order valence-corrected chi connectivity index (χ1v) is 18.3. The average molecular weight is 701 g/mol. The van der Waals surface area contributed by atoms with Crippen LogP contribution in [0.4, 0.5) is 0 Å². The summed E-state index contributed by atoms with van der Waals surface area (Å²) in [4.78, 5) is 0. The van der Waals surface area contributed by atoms with Gasteiger partial charge >= 0.3 is 0 Å². The van der Waals surface area contributed by atoms with Gasteiger partial charge in [-0.05, 0) is 22.3 Å². The molecule has 0 aliphatic heterocycles. The third kappa shape index (κ3) is 14.0. The first-order chi connectivity index (χ1) is 24.2. The highest BCUT2D eigenvalue weighted by molar-refractivity contribution is 7.86. The molecule has 4 aromatic rings. The second-order valence-electron chi connectivity index (χ2n) is 10.9. The molecule has 0 aromatic heterocycles. The number of hydrogen-bond acceptors (Lipinski definition) is 10. The Labute approximate surface area is 286 Å². The molecule has 0 spiro atoms. The molecule has 4 rings (SSSR count). The van der Waals surface area contributed by atoms with Crippen LogP contribution in [0.15, 0.2) is 121 Å². The molecule has 4 atom stereocenters. The highest BCUT2D eigenvalue weighted by Gasteiger charge is 2.41. The van der Waals surface area contributed by atoms with Crippen molar-refractivity contribution in [1.82, 2.24) is 0 Å². The maximum absolute atomic E-state index is 12.9. The summed E-state index contributed by atoms with van der Waals surface area (Å²) >= 11 is 0. The molecule has 0 bridgehead atoms. The van der Waals surface area contributed by atoms with Crippen molar-refractivity contribution in [2.75, 3.05) is 25.7 Å². The summed E-state index contributed by atoms with van der Waals surface area (Å²) in [6.45, 7) is -0.796. The minimum Gasteiger partial charge on any atom is -0.374 e. The van der Waals surface area contributed by atoms with Crippen molar-refractivity contribution in [2.45, 2.75) is 50.8 Å².